The first kappa shape index (κ1) is 12.0. The first-order valence-corrected chi connectivity index (χ1v) is 6.75. The second-order valence-electron chi connectivity index (χ2n) is 5.18. The third kappa shape index (κ3) is 1.53. The highest BCUT2D eigenvalue weighted by molar-refractivity contribution is 6.18. The van der Waals surface area contributed by atoms with E-state index in [4.69, 9.17) is 4.74 Å². The molecule has 0 spiro atoms. The van der Waals surface area contributed by atoms with E-state index in [2.05, 4.69) is 16.9 Å². The zero-order chi connectivity index (χ0) is 14.6. The van der Waals surface area contributed by atoms with Crippen LogP contribution in [0.1, 0.15) is 5.56 Å². The molecule has 0 saturated carbocycles. The van der Waals surface area contributed by atoms with Crippen LogP contribution in [0.4, 0.5) is 0 Å². The number of rotatable bonds is 1. The van der Waals surface area contributed by atoms with Crippen molar-refractivity contribution >= 4 is 32.6 Å². The van der Waals surface area contributed by atoms with Gasteiger partial charge in [-0.15, -0.1) is 0 Å². The van der Waals surface area contributed by atoms with Gasteiger partial charge in [-0.25, -0.2) is 0 Å². The van der Waals surface area contributed by atoms with Crippen LogP contribution in [0.25, 0.3) is 32.6 Å². The molecular formula is C17H14N2O2. The van der Waals surface area contributed by atoms with E-state index < -0.39 is 0 Å². The molecule has 0 bridgehead atoms. The second-order valence-corrected chi connectivity index (χ2v) is 5.18. The summed E-state index contributed by atoms with van der Waals surface area (Å²) in [5, 5.41) is 14.2. The molecule has 4 nitrogen and oxygen atoms in total. The highest BCUT2D eigenvalue weighted by Gasteiger charge is 2.16. The number of hydrogen-bond donors (Lipinski definition) is 2. The van der Waals surface area contributed by atoms with Crippen molar-refractivity contribution in [3.8, 4) is 11.5 Å². The number of pyridine rings is 1. The van der Waals surface area contributed by atoms with Crippen molar-refractivity contribution in [2.75, 3.05) is 7.11 Å². The van der Waals surface area contributed by atoms with E-state index in [-0.39, 0.29) is 5.75 Å². The van der Waals surface area contributed by atoms with Crippen LogP contribution >= 0.6 is 0 Å². The maximum Gasteiger partial charge on any atom is 0.134 e. The third-order valence-corrected chi connectivity index (χ3v) is 4.10. The van der Waals surface area contributed by atoms with Gasteiger partial charge in [0.1, 0.15) is 11.5 Å². The van der Waals surface area contributed by atoms with Crippen LogP contribution < -0.4 is 4.74 Å². The van der Waals surface area contributed by atoms with E-state index in [1.54, 1.807) is 19.5 Å². The summed E-state index contributed by atoms with van der Waals surface area (Å²) in [6.07, 6.45) is 3.45. The number of aromatic hydroxyl groups is 1. The quantitative estimate of drug-likeness (QED) is 0.555. The average molecular weight is 278 g/mol. The molecule has 0 fully saturated rings. The molecule has 4 heteroatoms. The lowest BCUT2D eigenvalue weighted by atomic mass is 10.0. The number of ether oxygens (including phenoxy) is 1. The number of hydrogen-bond acceptors (Lipinski definition) is 3. The first-order valence-electron chi connectivity index (χ1n) is 6.75. The molecule has 4 aromatic rings. The summed E-state index contributed by atoms with van der Waals surface area (Å²) >= 11 is 0. The minimum Gasteiger partial charge on any atom is -0.507 e. The highest BCUT2D eigenvalue weighted by atomic mass is 16.5. The van der Waals surface area contributed by atoms with E-state index in [1.165, 1.54) is 0 Å². The molecule has 104 valence electrons. The summed E-state index contributed by atoms with van der Waals surface area (Å²) in [6.45, 7) is 2.05. The van der Waals surface area contributed by atoms with E-state index in [0.29, 0.717) is 0 Å². The Kier molecular flexibility index (Phi) is 2.36. The summed E-state index contributed by atoms with van der Waals surface area (Å²) < 4.78 is 5.29. The van der Waals surface area contributed by atoms with Crippen molar-refractivity contribution in [1.82, 2.24) is 9.97 Å². The summed E-state index contributed by atoms with van der Waals surface area (Å²) in [5.74, 6) is 1.03. The largest absolute Gasteiger partial charge is 0.507 e. The summed E-state index contributed by atoms with van der Waals surface area (Å²) in [6, 6.07) is 7.74. The Morgan fingerprint density at radius 1 is 1.14 bits per heavy atom. The molecule has 0 aliphatic carbocycles. The number of phenols is 1. The zero-order valence-corrected chi connectivity index (χ0v) is 11.8. The average Bonchev–Trinajstić information content (AvgIpc) is 2.91. The molecule has 21 heavy (non-hydrogen) atoms. The predicted octanol–water partition coefficient (Wildman–Crippen LogP) is 3.89. The van der Waals surface area contributed by atoms with Gasteiger partial charge in [0.05, 0.1) is 18.0 Å². The minimum atomic E-state index is 0.262. The molecule has 0 amide bonds. The molecule has 0 radical (unpaired) electrons. The van der Waals surface area contributed by atoms with Gasteiger partial charge in [0.15, 0.2) is 0 Å². The SMILES string of the molecule is COc1ccc2[nH]c3c(C)c4ccncc4c(O)c3c2c1. The first-order chi connectivity index (χ1) is 10.2. The molecule has 2 aromatic carbocycles. The number of nitrogens with zero attached hydrogens (tertiary/aromatic N) is 1. The predicted molar refractivity (Wildman–Crippen MR) is 84.1 cm³/mol. The summed E-state index contributed by atoms with van der Waals surface area (Å²) in [4.78, 5) is 7.52. The van der Waals surface area contributed by atoms with E-state index in [0.717, 1.165) is 43.9 Å². The monoisotopic (exact) mass is 278 g/mol. The standard InChI is InChI=1S/C17H14N2O2/c1-9-11-5-6-18-8-13(11)17(20)15-12-7-10(21-2)3-4-14(12)19-16(9)15/h3-8,19-20H,1-2H3. The number of aromatic nitrogens is 2. The Balaban J connectivity index is 2.29. The maximum atomic E-state index is 10.7. The van der Waals surface area contributed by atoms with Gasteiger partial charge in [-0.2, -0.15) is 0 Å². The van der Waals surface area contributed by atoms with Crippen molar-refractivity contribution in [2.45, 2.75) is 6.92 Å². The fraction of sp³-hybridized carbons (Fsp3) is 0.118. The Hall–Kier alpha value is -2.75. The van der Waals surface area contributed by atoms with Gasteiger partial charge >= 0.3 is 0 Å². The Morgan fingerprint density at radius 3 is 2.81 bits per heavy atom. The number of nitrogens with one attached hydrogen (secondary N) is 1. The van der Waals surface area contributed by atoms with E-state index >= 15 is 0 Å². The molecule has 0 unspecified atom stereocenters. The molecule has 2 aromatic heterocycles. The van der Waals surface area contributed by atoms with Crippen molar-refractivity contribution in [2.24, 2.45) is 0 Å². The Labute approximate surface area is 121 Å². The topological polar surface area (TPSA) is 58.1 Å². The smallest absolute Gasteiger partial charge is 0.134 e. The number of aromatic amines is 1. The number of benzene rings is 2. The number of methoxy groups -OCH3 is 1. The Bertz CT molecular complexity index is 1000. The Morgan fingerprint density at radius 2 is 2.00 bits per heavy atom. The lowest BCUT2D eigenvalue weighted by Gasteiger charge is -2.07. The number of H-pyrrole nitrogens is 1. The van der Waals surface area contributed by atoms with E-state index in [9.17, 15) is 5.11 Å². The summed E-state index contributed by atoms with van der Waals surface area (Å²) in [5.41, 5.74) is 3.04. The highest BCUT2D eigenvalue weighted by Crippen LogP contribution is 2.41. The van der Waals surface area contributed by atoms with Crippen molar-refractivity contribution in [3.63, 3.8) is 0 Å². The molecule has 0 saturated heterocycles. The van der Waals surface area contributed by atoms with Gasteiger partial charge in [0.25, 0.3) is 0 Å². The van der Waals surface area contributed by atoms with Crippen molar-refractivity contribution < 1.29 is 9.84 Å². The second kappa shape index (κ2) is 4.12. The van der Waals surface area contributed by atoms with Gasteiger partial charge < -0.3 is 14.8 Å². The van der Waals surface area contributed by atoms with Crippen LogP contribution in [0.5, 0.6) is 11.5 Å². The summed E-state index contributed by atoms with van der Waals surface area (Å²) in [7, 11) is 1.64. The van der Waals surface area contributed by atoms with Crippen LogP contribution in [-0.4, -0.2) is 22.2 Å². The third-order valence-electron chi connectivity index (χ3n) is 4.10. The van der Waals surface area contributed by atoms with Crippen molar-refractivity contribution in [1.29, 1.82) is 0 Å². The normalized spacial score (nSPS) is 11.5. The molecule has 0 aliphatic rings. The molecule has 4 rings (SSSR count). The lowest BCUT2D eigenvalue weighted by molar-refractivity contribution is 0.415. The van der Waals surface area contributed by atoms with Gasteiger partial charge in [0.2, 0.25) is 0 Å². The number of aryl methyl sites for hydroxylation is 1. The van der Waals surface area contributed by atoms with E-state index in [1.807, 2.05) is 24.3 Å². The molecular weight excluding hydrogens is 264 g/mol. The van der Waals surface area contributed by atoms with Gasteiger partial charge in [0, 0.05) is 28.7 Å². The molecule has 2 N–H and O–H groups in total. The van der Waals surface area contributed by atoms with Crippen LogP contribution in [-0.2, 0) is 0 Å². The van der Waals surface area contributed by atoms with Crippen LogP contribution in [0.15, 0.2) is 36.7 Å². The molecule has 2 heterocycles. The maximum absolute atomic E-state index is 10.7. The minimum absolute atomic E-state index is 0.262. The molecule has 0 aliphatic heterocycles. The fourth-order valence-electron chi connectivity index (χ4n) is 3.00. The lowest BCUT2D eigenvalue weighted by Crippen LogP contribution is -1.84. The van der Waals surface area contributed by atoms with Crippen LogP contribution in [0, 0.1) is 6.92 Å². The van der Waals surface area contributed by atoms with Crippen LogP contribution in [0.3, 0.4) is 0 Å². The number of phenolic OH excluding ortho intramolecular Hbond substituents is 1. The van der Waals surface area contributed by atoms with Crippen LogP contribution in [0.2, 0.25) is 0 Å². The van der Waals surface area contributed by atoms with Gasteiger partial charge in [-0.3, -0.25) is 4.98 Å². The van der Waals surface area contributed by atoms with Crippen molar-refractivity contribution in [3.05, 3.63) is 42.2 Å². The number of fused-ring (bicyclic) bond motifs is 4. The molecule has 0 atom stereocenters. The fourth-order valence-corrected chi connectivity index (χ4v) is 3.00. The van der Waals surface area contributed by atoms with Gasteiger partial charge in [-0.05, 0) is 42.1 Å². The van der Waals surface area contributed by atoms with Gasteiger partial charge in [-0.1, -0.05) is 0 Å². The zero-order valence-electron chi connectivity index (χ0n) is 11.8.